The Balaban J connectivity index is 2.30. The Morgan fingerprint density at radius 1 is 1.43 bits per heavy atom. The van der Waals surface area contributed by atoms with Crippen molar-refractivity contribution in [2.45, 2.75) is 6.92 Å². The van der Waals surface area contributed by atoms with Crippen LogP contribution in [-0.4, -0.2) is 44.2 Å². The van der Waals surface area contributed by atoms with Crippen LogP contribution >= 0.6 is 0 Å². The molecule has 1 saturated heterocycles. The molecule has 0 saturated carbocycles. The molecule has 0 atom stereocenters. The van der Waals surface area contributed by atoms with Crippen molar-refractivity contribution in [3.05, 3.63) is 34.9 Å². The zero-order chi connectivity index (χ0) is 15.2. The van der Waals surface area contributed by atoms with E-state index in [1.165, 1.54) is 0 Å². The Bertz CT molecular complexity index is 596. The molecule has 0 aromatic heterocycles. The van der Waals surface area contributed by atoms with Gasteiger partial charge in [0, 0.05) is 18.7 Å². The zero-order valence-corrected chi connectivity index (χ0v) is 12.3. The normalized spacial score (nSPS) is 15.5. The molecule has 0 bridgehead atoms. The molecule has 5 heteroatoms. The first-order valence-corrected chi connectivity index (χ1v) is 6.79. The lowest BCUT2D eigenvalue weighted by Crippen LogP contribution is -2.41. The van der Waals surface area contributed by atoms with E-state index in [1.54, 1.807) is 18.1 Å². The summed E-state index contributed by atoms with van der Waals surface area (Å²) in [6.45, 7) is 4.01. The summed E-state index contributed by atoms with van der Waals surface area (Å²) < 4.78 is 10.5. The highest BCUT2D eigenvalue weighted by molar-refractivity contribution is 6.02. The van der Waals surface area contributed by atoms with Gasteiger partial charge in [0.2, 0.25) is 0 Å². The number of ether oxygens (including phenoxy) is 2. The van der Waals surface area contributed by atoms with E-state index in [0.29, 0.717) is 32.1 Å². The van der Waals surface area contributed by atoms with E-state index in [1.807, 2.05) is 31.2 Å². The first-order valence-electron chi connectivity index (χ1n) is 6.79. The molecular weight excluding hydrogens is 268 g/mol. The highest BCUT2D eigenvalue weighted by Crippen LogP contribution is 2.23. The van der Waals surface area contributed by atoms with Crippen molar-refractivity contribution in [1.29, 1.82) is 5.26 Å². The fourth-order valence-corrected chi connectivity index (χ4v) is 2.20. The topological polar surface area (TPSA) is 62.6 Å². The van der Waals surface area contributed by atoms with Crippen LogP contribution in [0.3, 0.4) is 0 Å². The number of aryl methyl sites for hydroxylation is 1. The first-order chi connectivity index (χ1) is 10.2. The second-order valence-electron chi connectivity index (χ2n) is 4.82. The van der Waals surface area contributed by atoms with E-state index in [0.717, 1.165) is 11.1 Å². The molecule has 1 aromatic rings. The number of methoxy groups -OCH3 is 1. The second kappa shape index (κ2) is 6.91. The van der Waals surface area contributed by atoms with Crippen molar-refractivity contribution in [1.82, 2.24) is 4.90 Å². The molecule has 0 aliphatic carbocycles. The van der Waals surface area contributed by atoms with Crippen LogP contribution < -0.4 is 4.74 Å². The average molecular weight is 286 g/mol. The van der Waals surface area contributed by atoms with Gasteiger partial charge in [-0.1, -0.05) is 11.6 Å². The molecule has 0 unspecified atom stereocenters. The molecule has 1 aliphatic rings. The number of benzene rings is 1. The van der Waals surface area contributed by atoms with Crippen LogP contribution in [0.1, 0.15) is 11.1 Å². The van der Waals surface area contributed by atoms with Crippen molar-refractivity contribution < 1.29 is 14.3 Å². The third-order valence-electron chi connectivity index (χ3n) is 3.33. The van der Waals surface area contributed by atoms with Crippen LogP contribution in [0.5, 0.6) is 5.75 Å². The summed E-state index contributed by atoms with van der Waals surface area (Å²) in [7, 11) is 1.57. The number of morpholine rings is 1. The quantitative estimate of drug-likeness (QED) is 0.627. The smallest absolute Gasteiger partial charge is 0.264 e. The van der Waals surface area contributed by atoms with Crippen molar-refractivity contribution in [2.75, 3.05) is 33.4 Å². The molecule has 0 spiro atoms. The van der Waals surface area contributed by atoms with E-state index in [9.17, 15) is 10.1 Å². The molecular formula is C16H18N2O3. The van der Waals surface area contributed by atoms with Gasteiger partial charge >= 0.3 is 0 Å². The SMILES string of the molecule is COc1ccc(C)cc1/C=C(\C#N)C(=O)N1CCOCC1. The summed E-state index contributed by atoms with van der Waals surface area (Å²) in [5, 5.41) is 9.28. The monoisotopic (exact) mass is 286 g/mol. The number of rotatable bonds is 3. The predicted octanol–water partition coefficient (Wildman–Crippen LogP) is 1.77. The molecule has 21 heavy (non-hydrogen) atoms. The molecule has 5 nitrogen and oxygen atoms in total. The Morgan fingerprint density at radius 3 is 2.76 bits per heavy atom. The fourth-order valence-electron chi connectivity index (χ4n) is 2.20. The summed E-state index contributed by atoms with van der Waals surface area (Å²) in [5.74, 6) is 0.382. The number of nitrogens with zero attached hydrogens (tertiary/aromatic N) is 2. The van der Waals surface area contributed by atoms with Gasteiger partial charge < -0.3 is 14.4 Å². The van der Waals surface area contributed by atoms with Gasteiger partial charge in [-0.15, -0.1) is 0 Å². The molecule has 0 N–H and O–H groups in total. The molecule has 1 fully saturated rings. The standard InChI is InChI=1S/C16H18N2O3/c1-12-3-4-15(20-2)13(9-12)10-14(11-17)16(19)18-5-7-21-8-6-18/h3-4,9-10H,5-8H2,1-2H3/b14-10+. The summed E-state index contributed by atoms with van der Waals surface area (Å²) in [5.41, 5.74) is 1.88. The molecule has 0 radical (unpaired) electrons. The van der Waals surface area contributed by atoms with Crippen molar-refractivity contribution in [3.63, 3.8) is 0 Å². The number of hydrogen-bond acceptors (Lipinski definition) is 4. The number of amides is 1. The molecule has 1 heterocycles. The van der Waals surface area contributed by atoms with Crippen LogP contribution in [0.25, 0.3) is 6.08 Å². The van der Waals surface area contributed by atoms with E-state index < -0.39 is 0 Å². The number of carbonyl (C=O) groups excluding carboxylic acids is 1. The maximum atomic E-state index is 12.4. The molecule has 1 aromatic carbocycles. The van der Waals surface area contributed by atoms with Crippen molar-refractivity contribution >= 4 is 12.0 Å². The van der Waals surface area contributed by atoms with Gasteiger partial charge in [0.05, 0.1) is 20.3 Å². The Kier molecular flexibility index (Phi) is 4.96. The summed E-state index contributed by atoms with van der Waals surface area (Å²) >= 11 is 0. The van der Waals surface area contributed by atoms with Gasteiger partial charge in [0.25, 0.3) is 5.91 Å². The first kappa shape index (κ1) is 15.1. The lowest BCUT2D eigenvalue weighted by Gasteiger charge is -2.26. The maximum Gasteiger partial charge on any atom is 0.264 e. The van der Waals surface area contributed by atoms with Crippen LogP contribution in [-0.2, 0) is 9.53 Å². The molecule has 1 amide bonds. The van der Waals surface area contributed by atoms with Crippen LogP contribution in [0.2, 0.25) is 0 Å². The third kappa shape index (κ3) is 3.61. The minimum absolute atomic E-state index is 0.112. The van der Waals surface area contributed by atoms with E-state index >= 15 is 0 Å². The predicted molar refractivity (Wildman–Crippen MR) is 78.7 cm³/mol. The van der Waals surface area contributed by atoms with Gasteiger partial charge in [0.15, 0.2) is 0 Å². The highest BCUT2D eigenvalue weighted by atomic mass is 16.5. The van der Waals surface area contributed by atoms with Crippen molar-refractivity contribution in [3.8, 4) is 11.8 Å². The summed E-state index contributed by atoms with van der Waals surface area (Å²) in [6.07, 6.45) is 1.59. The van der Waals surface area contributed by atoms with Crippen molar-refractivity contribution in [2.24, 2.45) is 0 Å². The number of carbonyl (C=O) groups is 1. The lowest BCUT2D eigenvalue weighted by molar-refractivity contribution is -0.130. The molecule has 1 aliphatic heterocycles. The highest BCUT2D eigenvalue weighted by Gasteiger charge is 2.20. The summed E-state index contributed by atoms with van der Waals surface area (Å²) in [4.78, 5) is 14.0. The van der Waals surface area contributed by atoms with Gasteiger partial charge in [-0.3, -0.25) is 4.79 Å². The summed E-state index contributed by atoms with van der Waals surface area (Å²) in [6, 6.07) is 7.63. The minimum atomic E-state index is -0.260. The Hall–Kier alpha value is -2.32. The van der Waals surface area contributed by atoms with Crippen LogP contribution in [0.15, 0.2) is 23.8 Å². The fraction of sp³-hybridized carbons (Fsp3) is 0.375. The Morgan fingerprint density at radius 2 is 2.14 bits per heavy atom. The number of nitriles is 1. The van der Waals surface area contributed by atoms with Crippen LogP contribution in [0, 0.1) is 18.3 Å². The lowest BCUT2D eigenvalue weighted by atomic mass is 10.1. The van der Waals surface area contributed by atoms with Gasteiger partial charge in [-0.05, 0) is 25.1 Å². The largest absolute Gasteiger partial charge is 0.496 e. The molecule has 110 valence electrons. The second-order valence-corrected chi connectivity index (χ2v) is 4.82. The Labute approximate surface area is 124 Å². The minimum Gasteiger partial charge on any atom is -0.496 e. The van der Waals surface area contributed by atoms with Gasteiger partial charge in [0.1, 0.15) is 17.4 Å². The number of hydrogen-bond donors (Lipinski definition) is 0. The van der Waals surface area contributed by atoms with E-state index in [4.69, 9.17) is 9.47 Å². The average Bonchev–Trinajstić information content (AvgIpc) is 2.53. The molecule has 2 rings (SSSR count). The van der Waals surface area contributed by atoms with Crippen LogP contribution in [0.4, 0.5) is 0 Å². The van der Waals surface area contributed by atoms with Gasteiger partial charge in [-0.2, -0.15) is 5.26 Å². The van der Waals surface area contributed by atoms with Gasteiger partial charge in [-0.25, -0.2) is 0 Å². The maximum absolute atomic E-state index is 12.4. The zero-order valence-electron chi connectivity index (χ0n) is 12.3. The third-order valence-corrected chi connectivity index (χ3v) is 3.33. The van der Waals surface area contributed by atoms with E-state index in [2.05, 4.69) is 0 Å². The van der Waals surface area contributed by atoms with E-state index in [-0.39, 0.29) is 11.5 Å².